The van der Waals surface area contributed by atoms with Crippen molar-refractivity contribution in [3.63, 3.8) is 0 Å². The number of hydrogen-bond donors (Lipinski definition) is 2. The molecule has 1 saturated heterocycles. The Morgan fingerprint density at radius 2 is 1.93 bits per heavy atom. The predicted octanol–water partition coefficient (Wildman–Crippen LogP) is 2.50. The molecule has 1 fully saturated rings. The van der Waals surface area contributed by atoms with Crippen molar-refractivity contribution in [1.82, 2.24) is 25.6 Å². The summed E-state index contributed by atoms with van der Waals surface area (Å²) in [6.45, 7) is 0.706. The number of rotatable bonds is 6. The van der Waals surface area contributed by atoms with Gasteiger partial charge in [-0.15, -0.1) is 17.5 Å². The normalized spacial score (nSPS) is 15.0. The quantitative estimate of drug-likeness (QED) is 0.752. The van der Waals surface area contributed by atoms with Gasteiger partial charge in [0, 0.05) is 6.54 Å². The third-order valence-corrected chi connectivity index (χ3v) is 4.20. The predicted molar refractivity (Wildman–Crippen MR) is 97.6 cm³/mol. The second kappa shape index (κ2) is 9.74. The molecule has 2 N–H and O–H groups in total. The number of nitrogens with one attached hydrogen (secondary N) is 2. The summed E-state index contributed by atoms with van der Waals surface area (Å²) < 4.78 is 42.7. The van der Waals surface area contributed by atoms with E-state index in [1.54, 1.807) is 23.0 Å². The van der Waals surface area contributed by atoms with Crippen LogP contribution in [-0.2, 0) is 6.54 Å². The molecule has 11 heteroatoms. The molecular weight excluding hydrogens is 399 g/mol. The van der Waals surface area contributed by atoms with Crippen LogP contribution in [0.1, 0.15) is 34.9 Å². The number of alkyl halides is 3. The van der Waals surface area contributed by atoms with Crippen LogP contribution in [0.25, 0.3) is 0 Å². The van der Waals surface area contributed by atoms with Gasteiger partial charge in [-0.3, -0.25) is 4.79 Å². The molecule has 0 unspecified atom stereocenters. The third kappa shape index (κ3) is 6.38. The van der Waals surface area contributed by atoms with Gasteiger partial charge < -0.3 is 15.4 Å². The van der Waals surface area contributed by atoms with Gasteiger partial charge in [-0.05, 0) is 43.6 Å². The number of carbonyl (C=O) groups is 1. The standard InChI is InChI=1S/C17H20F3N5O2.ClH/c18-17(19,20)11-27-14-3-1-12(2-4-14)9-22-16(26)15-10-25(24-23-15)13-5-7-21-8-6-13;/h1-4,10,13,21H,5-9,11H2,(H,22,26);1H. The number of hydrogen-bond acceptors (Lipinski definition) is 5. The summed E-state index contributed by atoms with van der Waals surface area (Å²) >= 11 is 0. The average Bonchev–Trinajstić information content (AvgIpc) is 3.16. The number of ether oxygens (including phenoxy) is 1. The van der Waals surface area contributed by atoms with Crippen molar-refractivity contribution in [1.29, 1.82) is 0 Å². The van der Waals surface area contributed by atoms with Crippen LogP contribution in [0.3, 0.4) is 0 Å². The Labute approximate surface area is 166 Å². The molecule has 0 saturated carbocycles. The maximum absolute atomic E-state index is 12.2. The molecule has 7 nitrogen and oxygen atoms in total. The first kappa shape index (κ1) is 22.0. The molecule has 0 spiro atoms. The fraction of sp³-hybridized carbons (Fsp3) is 0.471. The number of benzene rings is 1. The Morgan fingerprint density at radius 1 is 1.25 bits per heavy atom. The first-order valence-corrected chi connectivity index (χ1v) is 8.60. The number of nitrogens with zero attached hydrogens (tertiary/aromatic N) is 3. The summed E-state index contributed by atoms with van der Waals surface area (Å²) in [6.07, 6.45) is -0.863. The Kier molecular flexibility index (Phi) is 7.64. The summed E-state index contributed by atoms with van der Waals surface area (Å²) in [7, 11) is 0. The molecule has 0 radical (unpaired) electrons. The fourth-order valence-electron chi connectivity index (χ4n) is 2.77. The summed E-state index contributed by atoms with van der Waals surface area (Å²) in [5.74, 6) is -0.236. The van der Waals surface area contributed by atoms with Crippen LogP contribution in [0.2, 0.25) is 0 Å². The molecule has 28 heavy (non-hydrogen) atoms. The summed E-state index contributed by atoms with van der Waals surface area (Å²) in [4.78, 5) is 12.2. The first-order chi connectivity index (χ1) is 12.9. The molecule has 1 aliphatic heterocycles. The van der Waals surface area contributed by atoms with Crippen molar-refractivity contribution in [2.45, 2.75) is 31.6 Å². The minimum Gasteiger partial charge on any atom is -0.484 e. The molecule has 1 amide bonds. The van der Waals surface area contributed by atoms with Crippen molar-refractivity contribution < 1.29 is 22.7 Å². The van der Waals surface area contributed by atoms with E-state index < -0.39 is 12.8 Å². The van der Waals surface area contributed by atoms with Crippen molar-refractivity contribution in [2.24, 2.45) is 0 Å². The number of carbonyl (C=O) groups excluding carboxylic acids is 1. The van der Waals surface area contributed by atoms with E-state index in [-0.39, 0.29) is 42.3 Å². The smallest absolute Gasteiger partial charge is 0.422 e. The maximum Gasteiger partial charge on any atom is 0.422 e. The van der Waals surface area contributed by atoms with Gasteiger partial charge in [-0.2, -0.15) is 13.2 Å². The Bertz CT molecular complexity index is 761. The molecular formula is C17H21ClF3N5O2. The van der Waals surface area contributed by atoms with E-state index >= 15 is 0 Å². The lowest BCUT2D eigenvalue weighted by Crippen LogP contribution is -2.29. The Hall–Kier alpha value is -2.33. The van der Waals surface area contributed by atoms with E-state index in [0.717, 1.165) is 31.5 Å². The summed E-state index contributed by atoms with van der Waals surface area (Å²) in [6, 6.07) is 6.29. The minimum atomic E-state index is -4.38. The highest BCUT2D eigenvalue weighted by molar-refractivity contribution is 5.91. The third-order valence-electron chi connectivity index (χ3n) is 4.20. The van der Waals surface area contributed by atoms with Gasteiger partial charge in [0.05, 0.1) is 12.2 Å². The average molecular weight is 420 g/mol. The molecule has 3 rings (SSSR count). The monoisotopic (exact) mass is 419 g/mol. The SMILES string of the molecule is Cl.O=C(NCc1ccc(OCC(F)(F)F)cc1)c1cn(C2CCNCC2)nn1. The molecule has 0 bridgehead atoms. The van der Waals surface area contributed by atoms with Crippen LogP contribution in [0.5, 0.6) is 5.75 Å². The Balaban J connectivity index is 0.00000280. The zero-order valence-corrected chi connectivity index (χ0v) is 15.7. The maximum atomic E-state index is 12.2. The van der Waals surface area contributed by atoms with Crippen molar-refractivity contribution in [3.05, 3.63) is 41.7 Å². The van der Waals surface area contributed by atoms with Gasteiger partial charge in [0.2, 0.25) is 0 Å². The van der Waals surface area contributed by atoms with Crippen molar-refractivity contribution in [3.8, 4) is 5.75 Å². The van der Waals surface area contributed by atoms with Crippen molar-refractivity contribution >= 4 is 18.3 Å². The highest BCUT2D eigenvalue weighted by Gasteiger charge is 2.28. The number of aromatic nitrogens is 3. The number of halogens is 4. The van der Waals surface area contributed by atoms with Crippen LogP contribution >= 0.6 is 12.4 Å². The molecule has 154 valence electrons. The molecule has 2 heterocycles. The molecule has 1 aromatic heterocycles. The summed E-state index contributed by atoms with van der Waals surface area (Å²) in [5.41, 5.74) is 0.965. The van der Waals surface area contributed by atoms with Crippen LogP contribution < -0.4 is 15.4 Å². The van der Waals surface area contributed by atoms with E-state index in [0.29, 0.717) is 0 Å². The highest BCUT2D eigenvalue weighted by Crippen LogP contribution is 2.19. The van der Waals surface area contributed by atoms with Crippen LogP contribution in [0.15, 0.2) is 30.5 Å². The van der Waals surface area contributed by atoms with E-state index in [4.69, 9.17) is 0 Å². The van der Waals surface area contributed by atoms with Crippen molar-refractivity contribution in [2.75, 3.05) is 19.7 Å². The lowest BCUT2D eigenvalue weighted by atomic mass is 10.1. The van der Waals surface area contributed by atoms with Gasteiger partial charge in [0.15, 0.2) is 12.3 Å². The highest BCUT2D eigenvalue weighted by atomic mass is 35.5. The second-order valence-corrected chi connectivity index (χ2v) is 6.30. The molecule has 1 aliphatic rings. The number of piperidine rings is 1. The first-order valence-electron chi connectivity index (χ1n) is 8.60. The van der Waals surface area contributed by atoms with E-state index in [1.807, 2.05) is 0 Å². The number of amides is 1. The zero-order valence-electron chi connectivity index (χ0n) is 14.9. The Morgan fingerprint density at radius 3 is 2.57 bits per heavy atom. The molecule has 0 atom stereocenters. The summed E-state index contributed by atoms with van der Waals surface area (Å²) in [5, 5.41) is 13.9. The van der Waals surface area contributed by atoms with Gasteiger partial charge in [0.25, 0.3) is 5.91 Å². The van der Waals surface area contributed by atoms with Crippen LogP contribution in [-0.4, -0.2) is 46.8 Å². The van der Waals surface area contributed by atoms with Crippen LogP contribution in [0, 0.1) is 0 Å². The minimum absolute atomic E-state index is 0. The molecule has 2 aromatic rings. The lowest BCUT2D eigenvalue weighted by molar-refractivity contribution is -0.153. The zero-order chi connectivity index (χ0) is 19.3. The second-order valence-electron chi connectivity index (χ2n) is 6.30. The largest absolute Gasteiger partial charge is 0.484 e. The van der Waals surface area contributed by atoms with E-state index in [9.17, 15) is 18.0 Å². The molecule has 1 aromatic carbocycles. The van der Waals surface area contributed by atoms with E-state index in [2.05, 4.69) is 25.7 Å². The fourth-order valence-corrected chi connectivity index (χ4v) is 2.77. The van der Waals surface area contributed by atoms with Crippen LogP contribution in [0.4, 0.5) is 13.2 Å². The van der Waals surface area contributed by atoms with Gasteiger partial charge in [-0.25, -0.2) is 4.68 Å². The molecule has 0 aliphatic carbocycles. The lowest BCUT2D eigenvalue weighted by Gasteiger charge is -2.22. The van der Waals surface area contributed by atoms with Gasteiger partial charge >= 0.3 is 6.18 Å². The van der Waals surface area contributed by atoms with Gasteiger partial charge in [-0.1, -0.05) is 17.3 Å². The topological polar surface area (TPSA) is 81.1 Å². The van der Waals surface area contributed by atoms with Gasteiger partial charge in [0.1, 0.15) is 5.75 Å². The van der Waals surface area contributed by atoms with E-state index in [1.165, 1.54) is 12.1 Å².